The Kier molecular flexibility index (Phi) is 4.55. The lowest BCUT2D eigenvalue weighted by atomic mass is 10.1. The number of hydrogen-bond acceptors (Lipinski definition) is 6. The quantitative estimate of drug-likeness (QED) is 0.541. The Balaban J connectivity index is 1.50. The SMILES string of the molecule is Cc1oc(-c2ccco2)nc1CC(=O)Nc1scnc1-c1ccc(F)cc1. The van der Waals surface area contributed by atoms with E-state index in [2.05, 4.69) is 15.3 Å². The lowest BCUT2D eigenvalue weighted by Crippen LogP contribution is -2.15. The average Bonchev–Trinajstić information content (AvgIpc) is 3.38. The van der Waals surface area contributed by atoms with Crippen molar-refractivity contribution >= 4 is 22.2 Å². The van der Waals surface area contributed by atoms with Gasteiger partial charge in [0.1, 0.15) is 22.3 Å². The zero-order chi connectivity index (χ0) is 18.8. The molecule has 0 saturated heterocycles. The van der Waals surface area contributed by atoms with Gasteiger partial charge < -0.3 is 14.2 Å². The number of nitrogens with zero attached hydrogens (tertiary/aromatic N) is 2. The van der Waals surface area contributed by atoms with Crippen molar-refractivity contribution in [1.82, 2.24) is 9.97 Å². The summed E-state index contributed by atoms with van der Waals surface area (Å²) >= 11 is 1.30. The minimum absolute atomic E-state index is 0.0524. The van der Waals surface area contributed by atoms with E-state index in [1.165, 1.54) is 29.7 Å². The number of anilines is 1. The molecule has 6 nitrogen and oxygen atoms in total. The van der Waals surface area contributed by atoms with Gasteiger partial charge in [-0.2, -0.15) is 0 Å². The molecule has 0 fully saturated rings. The minimum atomic E-state index is -0.326. The molecule has 0 atom stereocenters. The van der Waals surface area contributed by atoms with Crippen molar-refractivity contribution in [1.29, 1.82) is 0 Å². The predicted octanol–water partition coefficient (Wildman–Crippen LogP) is 4.69. The summed E-state index contributed by atoms with van der Waals surface area (Å²) in [6.45, 7) is 1.75. The largest absolute Gasteiger partial charge is 0.459 e. The second kappa shape index (κ2) is 7.16. The Bertz CT molecular complexity index is 1070. The zero-order valence-corrected chi connectivity index (χ0v) is 15.0. The van der Waals surface area contributed by atoms with Crippen molar-refractivity contribution in [2.75, 3.05) is 5.32 Å². The molecule has 0 bridgehead atoms. The van der Waals surface area contributed by atoms with Crippen LogP contribution in [0.2, 0.25) is 0 Å². The van der Waals surface area contributed by atoms with Gasteiger partial charge in [0.25, 0.3) is 5.89 Å². The highest BCUT2D eigenvalue weighted by atomic mass is 32.1. The number of rotatable bonds is 5. The molecule has 0 saturated carbocycles. The smallest absolute Gasteiger partial charge is 0.263 e. The molecule has 27 heavy (non-hydrogen) atoms. The molecule has 3 heterocycles. The van der Waals surface area contributed by atoms with E-state index in [0.717, 1.165) is 5.56 Å². The molecule has 8 heteroatoms. The van der Waals surface area contributed by atoms with Gasteiger partial charge in [-0.3, -0.25) is 4.79 Å². The van der Waals surface area contributed by atoms with Gasteiger partial charge in [0.2, 0.25) is 5.91 Å². The first-order valence-corrected chi connectivity index (χ1v) is 8.97. The van der Waals surface area contributed by atoms with Gasteiger partial charge in [0.05, 0.1) is 23.9 Å². The Morgan fingerprint density at radius 3 is 2.81 bits per heavy atom. The Labute approximate surface area is 157 Å². The van der Waals surface area contributed by atoms with E-state index < -0.39 is 0 Å². The van der Waals surface area contributed by atoms with Crippen LogP contribution in [0.25, 0.3) is 22.9 Å². The van der Waals surface area contributed by atoms with Crippen molar-refractivity contribution in [3.63, 3.8) is 0 Å². The highest BCUT2D eigenvalue weighted by molar-refractivity contribution is 7.14. The van der Waals surface area contributed by atoms with Crippen LogP contribution in [-0.2, 0) is 11.2 Å². The predicted molar refractivity (Wildman–Crippen MR) is 98.8 cm³/mol. The fourth-order valence-electron chi connectivity index (χ4n) is 2.57. The summed E-state index contributed by atoms with van der Waals surface area (Å²) in [7, 11) is 0. The van der Waals surface area contributed by atoms with Crippen LogP contribution < -0.4 is 5.32 Å². The number of carbonyl (C=O) groups is 1. The molecule has 0 aliphatic heterocycles. The Morgan fingerprint density at radius 2 is 2.07 bits per heavy atom. The van der Waals surface area contributed by atoms with E-state index in [1.807, 2.05) is 0 Å². The molecule has 3 aromatic heterocycles. The lowest BCUT2D eigenvalue weighted by molar-refractivity contribution is -0.115. The van der Waals surface area contributed by atoms with Gasteiger partial charge in [0.15, 0.2) is 5.76 Å². The normalized spacial score (nSPS) is 10.9. The van der Waals surface area contributed by atoms with Crippen LogP contribution in [0.4, 0.5) is 9.39 Å². The molecular formula is C19H14FN3O3S. The summed E-state index contributed by atoms with van der Waals surface area (Å²) in [5, 5.41) is 3.44. The topological polar surface area (TPSA) is 81.2 Å². The summed E-state index contributed by atoms with van der Waals surface area (Å²) in [6.07, 6.45) is 1.58. The number of nitrogens with one attached hydrogen (secondary N) is 1. The number of aryl methyl sites for hydroxylation is 1. The number of carbonyl (C=O) groups excluding carboxylic acids is 1. The summed E-state index contributed by atoms with van der Waals surface area (Å²) in [5.41, 5.74) is 3.49. The van der Waals surface area contributed by atoms with Crippen LogP contribution in [0.1, 0.15) is 11.5 Å². The second-order valence-corrected chi connectivity index (χ2v) is 6.62. The van der Waals surface area contributed by atoms with Crippen LogP contribution >= 0.6 is 11.3 Å². The van der Waals surface area contributed by atoms with E-state index in [1.54, 1.807) is 36.7 Å². The molecule has 136 valence electrons. The van der Waals surface area contributed by atoms with Gasteiger partial charge in [-0.15, -0.1) is 11.3 Å². The first-order chi connectivity index (χ1) is 13.1. The molecule has 0 aliphatic rings. The summed E-state index contributed by atoms with van der Waals surface area (Å²) in [5.74, 6) is 0.828. The van der Waals surface area contributed by atoms with E-state index in [4.69, 9.17) is 8.83 Å². The third-order valence-corrected chi connectivity index (χ3v) is 4.63. The molecule has 0 unspecified atom stereocenters. The highest BCUT2D eigenvalue weighted by Gasteiger charge is 2.18. The number of furan rings is 1. The molecule has 0 spiro atoms. The van der Waals surface area contributed by atoms with Crippen LogP contribution in [0.15, 0.2) is 57.0 Å². The zero-order valence-electron chi connectivity index (χ0n) is 14.2. The van der Waals surface area contributed by atoms with Crippen LogP contribution in [0.3, 0.4) is 0 Å². The van der Waals surface area contributed by atoms with Crippen molar-refractivity contribution < 1.29 is 18.0 Å². The van der Waals surface area contributed by atoms with E-state index in [0.29, 0.717) is 33.8 Å². The number of aromatic nitrogens is 2. The third-order valence-electron chi connectivity index (χ3n) is 3.89. The number of amides is 1. The maximum Gasteiger partial charge on any atom is 0.263 e. The maximum atomic E-state index is 13.1. The number of halogens is 1. The summed E-state index contributed by atoms with van der Waals surface area (Å²) < 4.78 is 23.9. The Hall–Kier alpha value is -3.26. The molecule has 0 radical (unpaired) electrons. The summed E-state index contributed by atoms with van der Waals surface area (Å²) in [4.78, 5) is 21.1. The molecule has 1 N–H and O–H groups in total. The second-order valence-electron chi connectivity index (χ2n) is 5.76. The van der Waals surface area contributed by atoms with Crippen LogP contribution in [-0.4, -0.2) is 15.9 Å². The molecule has 4 aromatic rings. The molecule has 4 rings (SSSR count). The van der Waals surface area contributed by atoms with E-state index >= 15 is 0 Å². The van der Waals surface area contributed by atoms with Crippen LogP contribution in [0.5, 0.6) is 0 Å². The average molecular weight is 383 g/mol. The minimum Gasteiger partial charge on any atom is -0.459 e. The monoisotopic (exact) mass is 383 g/mol. The van der Waals surface area contributed by atoms with Crippen molar-refractivity contribution in [3.8, 4) is 22.9 Å². The summed E-state index contributed by atoms with van der Waals surface area (Å²) in [6, 6.07) is 9.43. The van der Waals surface area contributed by atoms with Crippen molar-refractivity contribution in [2.45, 2.75) is 13.3 Å². The van der Waals surface area contributed by atoms with Crippen molar-refractivity contribution in [2.24, 2.45) is 0 Å². The van der Waals surface area contributed by atoms with Gasteiger partial charge >= 0.3 is 0 Å². The first-order valence-electron chi connectivity index (χ1n) is 8.09. The number of thiazole rings is 1. The fraction of sp³-hybridized carbons (Fsp3) is 0.105. The van der Waals surface area contributed by atoms with E-state index in [-0.39, 0.29) is 18.1 Å². The number of hydrogen-bond donors (Lipinski definition) is 1. The van der Waals surface area contributed by atoms with Crippen molar-refractivity contribution in [3.05, 3.63) is 65.4 Å². The highest BCUT2D eigenvalue weighted by Crippen LogP contribution is 2.31. The number of oxazole rings is 1. The lowest BCUT2D eigenvalue weighted by Gasteiger charge is -2.05. The molecule has 1 aromatic carbocycles. The fourth-order valence-corrected chi connectivity index (χ4v) is 3.29. The molecule has 1 amide bonds. The van der Waals surface area contributed by atoms with Gasteiger partial charge in [-0.25, -0.2) is 14.4 Å². The van der Waals surface area contributed by atoms with Gasteiger partial charge in [-0.05, 0) is 43.3 Å². The standard InChI is InChI=1S/C19H14FN3O3S/c1-11-14(22-18(26-11)15-3-2-8-25-15)9-16(24)23-19-17(21-10-27-19)12-4-6-13(20)7-5-12/h2-8,10H,9H2,1H3,(H,23,24). The van der Waals surface area contributed by atoms with Gasteiger partial charge in [0, 0.05) is 5.56 Å². The van der Waals surface area contributed by atoms with Gasteiger partial charge in [-0.1, -0.05) is 0 Å². The molecular weight excluding hydrogens is 369 g/mol. The molecule has 0 aliphatic carbocycles. The third kappa shape index (κ3) is 3.65. The Morgan fingerprint density at radius 1 is 1.26 bits per heavy atom. The first kappa shape index (κ1) is 17.2. The van der Waals surface area contributed by atoms with Crippen LogP contribution in [0, 0.1) is 12.7 Å². The maximum absolute atomic E-state index is 13.1. The van der Waals surface area contributed by atoms with E-state index in [9.17, 15) is 9.18 Å². The number of benzene rings is 1.